The van der Waals surface area contributed by atoms with E-state index < -0.39 is 29.3 Å². The highest BCUT2D eigenvalue weighted by molar-refractivity contribution is 5.92. The lowest BCUT2D eigenvalue weighted by atomic mass is 9.93. The normalized spacial score (nSPS) is 13.7. The van der Waals surface area contributed by atoms with Crippen molar-refractivity contribution < 1.29 is 19.1 Å². The first-order valence-corrected chi connectivity index (χ1v) is 11.3. The standard InChI is InChI=1S/C25H41N3O4/c1-10-11-16-26-21(29)20(19-15-13-12-14-17(19)2)28(24(4,5)6)22(30)18(3)27-23(31)32-25(7,8)9/h12-15,18,20H,10-11,16H2,1-9H3,(H,26,29)(H,27,31). The average Bonchev–Trinajstić information content (AvgIpc) is 2.63. The van der Waals surface area contributed by atoms with Gasteiger partial charge in [-0.2, -0.15) is 0 Å². The van der Waals surface area contributed by atoms with Crippen LogP contribution in [-0.2, 0) is 14.3 Å². The predicted molar refractivity (Wildman–Crippen MR) is 127 cm³/mol. The Morgan fingerprint density at radius 3 is 2.16 bits per heavy atom. The third kappa shape index (κ3) is 8.17. The fraction of sp³-hybridized carbons (Fsp3) is 0.640. The smallest absolute Gasteiger partial charge is 0.408 e. The number of aryl methyl sites for hydroxylation is 1. The molecule has 2 N–H and O–H groups in total. The minimum atomic E-state index is -0.876. The SMILES string of the molecule is CCCCNC(=O)C(c1ccccc1C)N(C(=O)C(C)NC(=O)OC(C)(C)C)C(C)(C)C. The predicted octanol–water partition coefficient (Wildman–Crippen LogP) is 4.49. The molecule has 180 valence electrons. The molecule has 1 aromatic rings. The lowest BCUT2D eigenvalue weighted by Gasteiger charge is -2.43. The highest BCUT2D eigenvalue weighted by Crippen LogP contribution is 2.31. The van der Waals surface area contributed by atoms with Crippen molar-refractivity contribution in [1.82, 2.24) is 15.5 Å². The Morgan fingerprint density at radius 1 is 1.06 bits per heavy atom. The van der Waals surface area contributed by atoms with E-state index in [1.165, 1.54) is 0 Å². The van der Waals surface area contributed by atoms with Crippen LogP contribution in [0.3, 0.4) is 0 Å². The average molecular weight is 448 g/mol. The van der Waals surface area contributed by atoms with Gasteiger partial charge in [0, 0.05) is 12.1 Å². The maximum Gasteiger partial charge on any atom is 0.408 e. The molecule has 0 fully saturated rings. The number of nitrogens with one attached hydrogen (secondary N) is 2. The van der Waals surface area contributed by atoms with Crippen molar-refractivity contribution in [1.29, 1.82) is 0 Å². The molecule has 0 bridgehead atoms. The lowest BCUT2D eigenvalue weighted by molar-refractivity contribution is -0.148. The van der Waals surface area contributed by atoms with E-state index in [2.05, 4.69) is 17.6 Å². The van der Waals surface area contributed by atoms with Crippen molar-refractivity contribution in [3.05, 3.63) is 35.4 Å². The molecule has 32 heavy (non-hydrogen) atoms. The number of rotatable bonds is 8. The molecule has 0 saturated carbocycles. The second-order valence-corrected chi connectivity index (χ2v) is 10.2. The summed E-state index contributed by atoms with van der Waals surface area (Å²) in [5.74, 6) is -0.595. The molecule has 1 aromatic carbocycles. The summed E-state index contributed by atoms with van der Waals surface area (Å²) in [5.41, 5.74) is 0.308. The van der Waals surface area contributed by atoms with Crippen molar-refractivity contribution >= 4 is 17.9 Å². The van der Waals surface area contributed by atoms with Gasteiger partial charge in [0.05, 0.1) is 0 Å². The zero-order chi connectivity index (χ0) is 24.7. The second kappa shape index (κ2) is 11.3. The Morgan fingerprint density at radius 2 is 1.66 bits per heavy atom. The van der Waals surface area contributed by atoms with Crippen LogP contribution in [0.4, 0.5) is 4.79 Å². The molecule has 2 atom stereocenters. The topological polar surface area (TPSA) is 87.7 Å². The number of carbonyl (C=O) groups excluding carboxylic acids is 3. The minimum Gasteiger partial charge on any atom is -0.444 e. The van der Waals surface area contributed by atoms with Crippen LogP contribution in [0.5, 0.6) is 0 Å². The molecule has 2 unspecified atom stereocenters. The summed E-state index contributed by atoms with van der Waals surface area (Å²) in [7, 11) is 0. The van der Waals surface area contributed by atoms with Gasteiger partial charge >= 0.3 is 6.09 Å². The van der Waals surface area contributed by atoms with Crippen molar-refractivity contribution in [2.45, 2.75) is 98.4 Å². The van der Waals surface area contributed by atoms with Crippen LogP contribution in [0.15, 0.2) is 24.3 Å². The van der Waals surface area contributed by atoms with Gasteiger partial charge < -0.3 is 20.3 Å². The molecule has 0 aromatic heterocycles. The van der Waals surface area contributed by atoms with Crippen LogP contribution >= 0.6 is 0 Å². The van der Waals surface area contributed by atoms with E-state index in [1.807, 2.05) is 52.0 Å². The first-order chi connectivity index (χ1) is 14.7. The number of ether oxygens (including phenoxy) is 1. The molecule has 0 radical (unpaired) electrons. The van der Waals surface area contributed by atoms with Crippen LogP contribution < -0.4 is 10.6 Å². The molecule has 1 rings (SSSR count). The van der Waals surface area contributed by atoms with E-state index in [0.29, 0.717) is 6.54 Å². The van der Waals surface area contributed by atoms with Crippen molar-refractivity contribution in [2.75, 3.05) is 6.54 Å². The molecule has 7 heteroatoms. The van der Waals surface area contributed by atoms with Crippen molar-refractivity contribution in [3.8, 4) is 0 Å². The fourth-order valence-electron chi connectivity index (χ4n) is 3.38. The number of unbranched alkanes of at least 4 members (excludes halogenated alkanes) is 1. The summed E-state index contributed by atoms with van der Waals surface area (Å²) < 4.78 is 5.30. The van der Waals surface area contributed by atoms with Gasteiger partial charge in [-0.25, -0.2) is 4.79 Å². The molecule has 0 aliphatic heterocycles. The van der Waals surface area contributed by atoms with Gasteiger partial charge in [-0.15, -0.1) is 0 Å². The number of carbonyl (C=O) groups is 3. The Balaban J connectivity index is 3.35. The Bertz CT molecular complexity index is 793. The van der Waals surface area contributed by atoms with Crippen LogP contribution in [-0.4, -0.2) is 46.5 Å². The number of benzene rings is 1. The first kappa shape index (κ1) is 27.5. The number of hydrogen-bond acceptors (Lipinski definition) is 4. The molecular weight excluding hydrogens is 406 g/mol. The third-order valence-electron chi connectivity index (χ3n) is 4.88. The van der Waals surface area contributed by atoms with Crippen LogP contribution in [0.25, 0.3) is 0 Å². The first-order valence-electron chi connectivity index (χ1n) is 11.3. The summed E-state index contributed by atoms with van der Waals surface area (Å²) in [6.45, 7) is 17.1. The zero-order valence-electron chi connectivity index (χ0n) is 21.2. The largest absolute Gasteiger partial charge is 0.444 e. The summed E-state index contributed by atoms with van der Waals surface area (Å²) in [4.78, 5) is 40.8. The maximum absolute atomic E-state index is 13.6. The molecule has 3 amide bonds. The van der Waals surface area contributed by atoms with Gasteiger partial charge in [0.2, 0.25) is 11.8 Å². The van der Waals surface area contributed by atoms with Crippen LogP contribution in [0, 0.1) is 6.92 Å². The van der Waals surface area contributed by atoms with Crippen LogP contribution in [0.1, 0.15) is 85.4 Å². The van der Waals surface area contributed by atoms with Crippen molar-refractivity contribution in [2.24, 2.45) is 0 Å². The van der Waals surface area contributed by atoms with E-state index in [4.69, 9.17) is 4.74 Å². The third-order valence-corrected chi connectivity index (χ3v) is 4.88. The van der Waals surface area contributed by atoms with Gasteiger partial charge in [0.1, 0.15) is 17.7 Å². The van der Waals surface area contributed by atoms with E-state index in [-0.39, 0.29) is 11.8 Å². The number of alkyl carbamates (subject to hydrolysis) is 1. The zero-order valence-corrected chi connectivity index (χ0v) is 21.2. The number of amides is 3. The molecule has 0 aliphatic carbocycles. The summed E-state index contributed by atoms with van der Waals surface area (Å²) in [5, 5.41) is 5.60. The Labute approximate surface area is 193 Å². The monoisotopic (exact) mass is 447 g/mol. The summed E-state index contributed by atoms with van der Waals surface area (Å²) >= 11 is 0. The highest BCUT2D eigenvalue weighted by atomic mass is 16.6. The van der Waals surface area contributed by atoms with Gasteiger partial charge in [-0.05, 0) is 72.9 Å². The fourth-order valence-corrected chi connectivity index (χ4v) is 3.38. The van der Waals surface area contributed by atoms with Crippen molar-refractivity contribution in [3.63, 3.8) is 0 Å². The van der Waals surface area contributed by atoms with E-state index in [9.17, 15) is 14.4 Å². The molecule has 0 spiro atoms. The second-order valence-electron chi connectivity index (χ2n) is 10.2. The van der Waals surface area contributed by atoms with Gasteiger partial charge in [0.15, 0.2) is 0 Å². The molecule has 7 nitrogen and oxygen atoms in total. The molecule has 0 saturated heterocycles. The highest BCUT2D eigenvalue weighted by Gasteiger charge is 2.41. The van der Waals surface area contributed by atoms with Crippen LogP contribution in [0.2, 0.25) is 0 Å². The van der Waals surface area contributed by atoms with Gasteiger partial charge in [0.25, 0.3) is 0 Å². The molecule has 0 heterocycles. The summed E-state index contributed by atoms with van der Waals surface area (Å²) in [6, 6.07) is 5.86. The number of hydrogen-bond donors (Lipinski definition) is 2. The summed E-state index contributed by atoms with van der Waals surface area (Å²) in [6.07, 6.45) is 1.13. The van der Waals surface area contributed by atoms with E-state index >= 15 is 0 Å². The maximum atomic E-state index is 13.6. The Hall–Kier alpha value is -2.57. The van der Waals surface area contributed by atoms with E-state index in [1.54, 1.807) is 32.6 Å². The lowest BCUT2D eigenvalue weighted by Crippen LogP contribution is -2.58. The minimum absolute atomic E-state index is 0.236. The molecular formula is C25H41N3O4. The number of nitrogens with zero attached hydrogens (tertiary/aromatic N) is 1. The quantitative estimate of drug-likeness (QED) is 0.575. The van der Waals surface area contributed by atoms with Gasteiger partial charge in [-0.3, -0.25) is 9.59 Å². The Kier molecular flexibility index (Phi) is 9.73. The van der Waals surface area contributed by atoms with Gasteiger partial charge in [-0.1, -0.05) is 37.6 Å². The molecule has 0 aliphatic rings. The van der Waals surface area contributed by atoms with E-state index in [0.717, 1.165) is 24.0 Å².